The fourth-order valence-electron chi connectivity index (χ4n) is 6.35. The Bertz CT molecular complexity index is 1260. The second-order valence-corrected chi connectivity index (χ2v) is 10.8. The van der Waals surface area contributed by atoms with Crippen molar-refractivity contribution < 1.29 is 53.4 Å². The fraction of sp³-hybridized carbons (Fsp3) is 0.586. The number of nitrogens with zero attached hydrogens (tertiary/aromatic N) is 1. The molecule has 0 saturated carbocycles. The van der Waals surface area contributed by atoms with E-state index >= 15 is 0 Å². The summed E-state index contributed by atoms with van der Waals surface area (Å²) in [5, 5.41) is 31.3. The van der Waals surface area contributed by atoms with E-state index in [-0.39, 0.29) is 31.4 Å². The predicted octanol–water partition coefficient (Wildman–Crippen LogP) is 1.50. The summed E-state index contributed by atoms with van der Waals surface area (Å²) < 4.78 is 22.3. The lowest BCUT2D eigenvalue weighted by atomic mass is 9.54. The third-order valence-corrected chi connectivity index (χ3v) is 8.56. The lowest BCUT2D eigenvalue weighted by molar-refractivity contribution is -0.175. The highest BCUT2D eigenvalue weighted by Gasteiger charge is 2.69. The predicted molar refractivity (Wildman–Crippen MR) is 142 cm³/mol. The number of carbonyl (C=O) groups excluding carboxylic acids is 3. The number of carboxylic acid groups (broad SMARTS) is 1. The Hall–Kier alpha value is -3.48. The molecule has 5 atom stereocenters. The van der Waals surface area contributed by atoms with Gasteiger partial charge in [-0.2, -0.15) is 0 Å². The number of hydrogen-bond acceptors (Lipinski definition) is 11. The van der Waals surface area contributed by atoms with E-state index in [0.717, 1.165) is 11.1 Å². The summed E-state index contributed by atoms with van der Waals surface area (Å²) in [5.41, 5.74) is -0.209. The molecule has 3 aliphatic rings. The van der Waals surface area contributed by atoms with Crippen molar-refractivity contribution in [2.24, 2.45) is 0 Å². The number of carbonyl (C=O) groups is 4. The Kier molecular flexibility index (Phi) is 8.76. The number of hydrogen-bond donors (Lipinski definition) is 3. The first-order valence-corrected chi connectivity index (χ1v) is 13.7. The highest BCUT2D eigenvalue weighted by Crippen LogP contribution is 2.61. The van der Waals surface area contributed by atoms with Crippen LogP contribution in [0.5, 0.6) is 5.75 Å². The van der Waals surface area contributed by atoms with Crippen molar-refractivity contribution in [2.75, 3.05) is 20.2 Å². The highest BCUT2D eigenvalue weighted by molar-refractivity contribution is 5.86. The molecular weight excluding hydrogens is 538 g/mol. The first-order chi connectivity index (χ1) is 19.4. The molecule has 1 aromatic carbocycles. The molecule has 0 bridgehead atoms. The van der Waals surface area contributed by atoms with Crippen LogP contribution in [0.4, 0.5) is 0 Å². The van der Waals surface area contributed by atoms with E-state index in [0.29, 0.717) is 24.3 Å². The van der Waals surface area contributed by atoms with Crippen LogP contribution in [0.1, 0.15) is 62.6 Å². The van der Waals surface area contributed by atoms with Crippen molar-refractivity contribution in [2.45, 2.75) is 88.7 Å². The minimum absolute atomic E-state index is 0.0349. The summed E-state index contributed by atoms with van der Waals surface area (Å²) in [7, 11) is 1.93. The summed E-state index contributed by atoms with van der Waals surface area (Å²) in [6.07, 6.45) is -2.14. The van der Waals surface area contributed by atoms with Crippen LogP contribution < -0.4 is 4.74 Å². The van der Waals surface area contributed by atoms with Gasteiger partial charge in [0.15, 0.2) is 6.10 Å². The summed E-state index contributed by atoms with van der Waals surface area (Å²) in [6, 6.07) is 3.32. The van der Waals surface area contributed by atoms with Gasteiger partial charge in [-0.3, -0.25) is 14.4 Å². The zero-order chi connectivity index (χ0) is 30.1. The van der Waals surface area contributed by atoms with Crippen molar-refractivity contribution in [3.8, 4) is 5.75 Å². The molecule has 3 N–H and O–H groups in total. The number of aliphatic hydroxyl groups excluding tert-OH is 1. The number of aryl methyl sites for hydroxylation is 1. The normalized spacial score (nSPS) is 27.3. The third kappa shape index (κ3) is 5.31. The van der Waals surface area contributed by atoms with Crippen LogP contribution >= 0.6 is 0 Å². The minimum atomic E-state index is -1.69. The van der Waals surface area contributed by atoms with Gasteiger partial charge in [-0.15, -0.1) is 0 Å². The van der Waals surface area contributed by atoms with Crippen LogP contribution in [0.25, 0.3) is 0 Å². The topological polar surface area (TPSA) is 169 Å². The smallest absolute Gasteiger partial charge is 0.353 e. The molecule has 12 heteroatoms. The van der Waals surface area contributed by atoms with Gasteiger partial charge in [0, 0.05) is 23.6 Å². The monoisotopic (exact) mass is 575 g/mol. The summed E-state index contributed by atoms with van der Waals surface area (Å²) >= 11 is 0. The van der Waals surface area contributed by atoms with Crippen LogP contribution in [0.15, 0.2) is 24.0 Å². The largest absolute Gasteiger partial charge is 0.481 e. The molecule has 0 unspecified atom stereocenters. The molecule has 1 saturated heterocycles. The number of carboxylic acids is 1. The van der Waals surface area contributed by atoms with E-state index in [1.165, 1.54) is 0 Å². The van der Waals surface area contributed by atoms with Gasteiger partial charge >= 0.3 is 23.9 Å². The molecule has 1 spiro atoms. The molecule has 1 aliphatic carbocycles. The second kappa shape index (κ2) is 11.8. The van der Waals surface area contributed by atoms with Gasteiger partial charge in [-0.05, 0) is 52.4 Å². The molecule has 224 valence electrons. The Morgan fingerprint density at radius 1 is 1.20 bits per heavy atom. The first kappa shape index (κ1) is 30.5. The molecule has 2 aliphatic heterocycles. The molecular formula is C29H37NO11. The fourth-order valence-corrected chi connectivity index (χ4v) is 6.35. The van der Waals surface area contributed by atoms with Crippen molar-refractivity contribution in [1.29, 1.82) is 0 Å². The molecule has 1 fully saturated rings. The van der Waals surface area contributed by atoms with Crippen molar-refractivity contribution >= 4 is 23.9 Å². The zero-order valence-electron chi connectivity index (χ0n) is 23.7. The number of likely N-dealkylation sites (tertiary alicyclic amines) is 1. The molecule has 1 aromatic rings. The van der Waals surface area contributed by atoms with Crippen LogP contribution in [-0.4, -0.2) is 88.1 Å². The van der Waals surface area contributed by atoms with Gasteiger partial charge < -0.3 is 39.2 Å². The van der Waals surface area contributed by atoms with Crippen LogP contribution in [0, 0.1) is 6.92 Å². The molecule has 41 heavy (non-hydrogen) atoms. The van der Waals surface area contributed by atoms with Crippen LogP contribution in [0.3, 0.4) is 0 Å². The van der Waals surface area contributed by atoms with Crippen LogP contribution in [-0.2, 0) is 45.4 Å². The Balaban J connectivity index is 1.70. The van der Waals surface area contributed by atoms with Crippen molar-refractivity contribution in [1.82, 2.24) is 4.90 Å². The Labute approximate surface area is 237 Å². The summed E-state index contributed by atoms with van der Waals surface area (Å²) in [4.78, 5) is 50.8. The molecule has 0 radical (unpaired) electrons. The number of piperidine rings is 1. The molecule has 12 nitrogen and oxygen atoms in total. The van der Waals surface area contributed by atoms with Crippen molar-refractivity contribution in [3.05, 3.63) is 40.7 Å². The lowest BCUT2D eigenvalue weighted by Crippen LogP contribution is -2.71. The van der Waals surface area contributed by atoms with E-state index in [1.54, 1.807) is 19.1 Å². The molecule has 4 rings (SSSR count). The van der Waals surface area contributed by atoms with Gasteiger partial charge in [0.2, 0.25) is 6.10 Å². The number of aliphatic carboxylic acids is 1. The highest BCUT2D eigenvalue weighted by atomic mass is 16.6. The number of aliphatic hydroxyl groups is 2. The maximum atomic E-state index is 13.4. The van der Waals surface area contributed by atoms with E-state index in [9.17, 15) is 29.4 Å². The first-order valence-electron chi connectivity index (χ1n) is 13.7. The SMILES string of the molecule is CCOC(=O)C[C@H](OC(=O)CCC(=O)O)C(=O)OC1=CC[C@@]2(O)[C@@H](C)N(C)CC[C@@]23c2c(C)ccc(CO)c2O[C@@H]13. The second-order valence-electron chi connectivity index (χ2n) is 10.8. The van der Waals surface area contributed by atoms with Gasteiger partial charge in [-0.25, -0.2) is 4.79 Å². The Morgan fingerprint density at radius 2 is 1.93 bits per heavy atom. The number of fused-ring (bicyclic) bond motifs is 1. The minimum Gasteiger partial charge on any atom is -0.481 e. The molecule has 0 aromatic heterocycles. The summed E-state index contributed by atoms with van der Waals surface area (Å²) in [6.45, 7) is 5.76. The number of esters is 3. The average molecular weight is 576 g/mol. The lowest BCUT2D eigenvalue weighted by Gasteiger charge is -2.58. The molecule has 0 amide bonds. The average Bonchev–Trinajstić information content (AvgIpc) is 3.29. The van der Waals surface area contributed by atoms with Crippen LogP contribution in [0.2, 0.25) is 0 Å². The zero-order valence-corrected chi connectivity index (χ0v) is 23.7. The van der Waals surface area contributed by atoms with Gasteiger partial charge in [-0.1, -0.05) is 12.1 Å². The summed E-state index contributed by atoms with van der Waals surface area (Å²) in [5.74, 6) is -3.56. The van der Waals surface area contributed by atoms with Gasteiger partial charge in [0.05, 0.1) is 43.5 Å². The van der Waals surface area contributed by atoms with E-state index in [2.05, 4.69) is 4.90 Å². The van der Waals surface area contributed by atoms with Gasteiger partial charge in [0.1, 0.15) is 11.5 Å². The third-order valence-electron chi connectivity index (χ3n) is 8.56. The number of ether oxygens (including phenoxy) is 4. The van der Waals surface area contributed by atoms with Gasteiger partial charge in [0.25, 0.3) is 0 Å². The quantitative estimate of drug-likeness (QED) is 0.272. The van der Waals surface area contributed by atoms with E-state index in [4.69, 9.17) is 24.1 Å². The number of benzene rings is 1. The Morgan fingerprint density at radius 3 is 2.59 bits per heavy atom. The van der Waals surface area contributed by atoms with Crippen molar-refractivity contribution in [3.63, 3.8) is 0 Å². The van der Waals surface area contributed by atoms with E-state index < -0.39 is 66.4 Å². The molecule has 2 heterocycles. The standard InChI is InChI=1S/C29H37NO11/c1-5-38-23(35)14-20(39-22(34)9-8-21(32)33)27(36)40-19-10-11-29(37)17(3)30(4)13-12-28(29)24-16(2)6-7-18(15-31)25(24)41-26(19)28/h6-7,10,17,20,26,31,37H,5,8-9,11-15H2,1-4H3,(H,32,33)/t17-,20+,26+,28+,29-/m1/s1. The number of rotatable bonds is 10. The van der Waals surface area contributed by atoms with E-state index in [1.807, 2.05) is 27.0 Å². The maximum absolute atomic E-state index is 13.4. The number of likely N-dealkylation sites (N-methyl/N-ethyl adjacent to an activating group) is 1. The maximum Gasteiger partial charge on any atom is 0.353 e.